The number of ether oxygens (including phenoxy) is 1. The summed E-state index contributed by atoms with van der Waals surface area (Å²) in [6, 6.07) is 1.15. The van der Waals surface area contributed by atoms with E-state index in [1.807, 2.05) is 0 Å². The van der Waals surface area contributed by atoms with Crippen LogP contribution < -0.4 is 4.74 Å². The van der Waals surface area contributed by atoms with Crippen LogP contribution in [0.2, 0.25) is 0 Å². The van der Waals surface area contributed by atoms with Crippen LogP contribution in [-0.2, 0) is 4.79 Å². The predicted octanol–water partition coefficient (Wildman–Crippen LogP) is 3.01. The molecule has 0 aliphatic heterocycles. The maximum Gasteiger partial charge on any atom is 0.307 e. The van der Waals surface area contributed by atoms with Crippen LogP contribution in [0.15, 0.2) is 12.1 Å². The summed E-state index contributed by atoms with van der Waals surface area (Å²) in [4.78, 5) is 20.8. The van der Waals surface area contributed by atoms with Crippen molar-refractivity contribution in [1.29, 1.82) is 0 Å². The zero-order chi connectivity index (χ0) is 14.7. The Morgan fingerprint density at radius 3 is 2.70 bits per heavy atom. The van der Waals surface area contributed by atoms with Crippen LogP contribution in [0.5, 0.6) is 5.75 Å². The van der Waals surface area contributed by atoms with Crippen molar-refractivity contribution in [2.45, 2.75) is 25.7 Å². The van der Waals surface area contributed by atoms with Gasteiger partial charge in [-0.2, -0.15) is 4.39 Å². The average molecular weight is 285 g/mol. The number of Topliss-reactive ketones (excluding diaryl/α,β-unsaturated/α-hetero) is 1. The molecule has 108 valence electrons. The number of nitrogens with zero attached hydrogens (tertiary/aromatic N) is 1. The molecule has 0 bridgehead atoms. The van der Waals surface area contributed by atoms with Crippen molar-refractivity contribution in [2.24, 2.45) is 5.92 Å². The maximum absolute atomic E-state index is 13.5. The summed E-state index contributed by atoms with van der Waals surface area (Å²) in [6.07, 6.45) is 2.64. The topological polar surface area (TPSA) is 69.4 Å². The van der Waals surface area contributed by atoms with Crippen molar-refractivity contribution in [1.82, 2.24) is 0 Å². The van der Waals surface area contributed by atoms with E-state index in [1.165, 1.54) is 0 Å². The third-order valence-electron chi connectivity index (χ3n) is 3.35. The van der Waals surface area contributed by atoms with Crippen molar-refractivity contribution in [3.63, 3.8) is 0 Å². The van der Waals surface area contributed by atoms with Gasteiger partial charge >= 0.3 is 5.69 Å². The largest absolute Gasteiger partial charge is 0.490 e. The lowest BCUT2D eigenvalue weighted by Crippen LogP contribution is -2.11. The first-order chi connectivity index (χ1) is 9.49. The Morgan fingerprint density at radius 1 is 1.35 bits per heavy atom. The van der Waals surface area contributed by atoms with Gasteiger partial charge in [0.2, 0.25) is 5.82 Å². The minimum absolute atomic E-state index is 0.0740. The van der Waals surface area contributed by atoms with Gasteiger partial charge in [-0.1, -0.05) is 0 Å². The van der Waals surface area contributed by atoms with Crippen LogP contribution in [0.3, 0.4) is 0 Å². The number of ketones is 1. The van der Waals surface area contributed by atoms with Crippen LogP contribution in [0.1, 0.15) is 25.7 Å². The van der Waals surface area contributed by atoms with E-state index in [1.54, 1.807) is 0 Å². The first-order valence-corrected chi connectivity index (χ1v) is 6.28. The Bertz CT molecular complexity index is 547. The fraction of sp³-hybridized carbons (Fsp3) is 0.462. The molecule has 1 aromatic carbocycles. The van der Waals surface area contributed by atoms with Crippen molar-refractivity contribution in [3.8, 4) is 5.75 Å². The summed E-state index contributed by atoms with van der Waals surface area (Å²) in [7, 11) is 0. The third-order valence-corrected chi connectivity index (χ3v) is 3.35. The quantitative estimate of drug-likeness (QED) is 0.616. The van der Waals surface area contributed by atoms with Crippen LogP contribution in [0.25, 0.3) is 0 Å². The molecule has 1 aliphatic carbocycles. The van der Waals surface area contributed by atoms with Crippen molar-refractivity contribution in [3.05, 3.63) is 33.9 Å². The molecule has 1 aromatic rings. The molecule has 20 heavy (non-hydrogen) atoms. The zero-order valence-corrected chi connectivity index (χ0v) is 10.6. The molecule has 1 unspecified atom stereocenters. The lowest BCUT2D eigenvalue weighted by atomic mass is 10.0. The molecule has 0 spiro atoms. The number of hydrogen-bond acceptors (Lipinski definition) is 4. The van der Waals surface area contributed by atoms with E-state index in [-0.39, 0.29) is 24.1 Å². The summed E-state index contributed by atoms with van der Waals surface area (Å²) in [5, 5.41) is 10.4. The number of benzene rings is 1. The normalized spacial score (nSPS) is 18.3. The van der Waals surface area contributed by atoms with Gasteiger partial charge in [-0.15, -0.1) is 0 Å². The zero-order valence-electron chi connectivity index (χ0n) is 10.6. The van der Waals surface area contributed by atoms with Crippen LogP contribution >= 0.6 is 0 Å². The Kier molecular flexibility index (Phi) is 4.26. The Labute approximate surface area is 113 Å². The van der Waals surface area contributed by atoms with Crippen molar-refractivity contribution >= 4 is 11.5 Å². The highest BCUT2D eigenvalue weighted by Gasteiger charge is 2.24. The van der Waals surface area contributed by atoms with Gasteiger partial charge in [0.15, 0.2) is 11.6 Å². The van der Waals surface area contributed by atoms with E-state index in [2.05, 4.69) is 0 Å². The molecule has 5 nitrogen and oxygen atoms in total. The lowest BCUT2D eigenvalue weighted by Gasteiger charge is -2.10. The molecule has 1 atom stereocenters. The van der Waals surface area contributed by atoms with Crippen LogP contribution in [-0.4, -0.2) is 17.3 Å². The Balaban J connectivity index is 1.97. The third kappa shape index (κ3) is 3.09. The lowest BCUT2D eigenvalue weighted by molar-refractivity contribution is -0.387. The summed E-state index contributed by atoms with van der Waals surface area (Å²) in [5.74, 6) is -2.43. The van der Waals surface area contributed by atoms with Gasteiger partial charge in [0.25, 0.3) is 0 Å². The van der Waals surface area contributed by atoms with Crippen LogP contribution in [0.4, 0.5) is 14.5 Å². The van der Waals surface area contributed by atoms with Gasteiger partial charge in [-0.3, -0.25) is 14.9 Å². The van der Waals surface area contributed by atoms with Gasteiger partial charge in [0.1, 0.15) is 5.78 Å². The molecular formula is C13H13F2NO4. The second-order valence-electron chi connectivity index (χ2n) is 4.68. The smallest absolute Gasteiger partial charge is 0.307 e. The molecule has 1 fully saturated rings. The molecule has 0 heterocycles. The van der Waals surface area contributed by atoms with E-state index < -0.39 is 22.2 Å². The van der Waals surface area contributed by atoms with Crippen molar-refractivity contribution < 1.29 is 23.2 Å². The van der Waals surface area contributed by atoms with E-state index in [4.69, 9.17) is 4.74 Å². The van der Waals surface area contributed by atoms with Gasteiger partial charge in [-0.05, 0) is 19.3 Å². The molecule has 0 saturated heterocycles. The van der Waals surface area contributed by atoms with E-state index in [9.17, 15) is 23.7 Å². The SMILES string of the molecule is O=C1CCCC1CCOc1cc(F)c([N+](=O)[O-])cc1F. The minimum atomic E-state index is -1.15. The van der Waals surface area contributed by atoms with Crippen LogP contribution in [0, 0.1) is 27.7 Å². The summed E-state index contributed by atoms with van der Waals surface area (Å²) in [6.45, 7) is 0.0740. The summed E-state index contributed by atoms with van der Waals surface area (Å²) >= 11 is 0. The Hall–Kier alpha value is -2.05. The molecule has 7 heteroatoms. The number of nitro benzene ring substituents is 1. The number of halogens is 2. The van der Waals surface area contributed by atoms with E-state index >= 15 is 0 Å². The maximum atomic E-state index is 13.5. The molecule has 1 aliphatic rings. The predicted molar refractivity (Wildman–Crippen MR) is 65.5 cm³/mol. The summed E-state index contributed by atoms with van der Waals surface area (Å²) < 4.78 is 31.9. The molecule has 0 radical (unpaired) electrons. The van der Waals surface area contributed by atoms with Gasteiger partial charge in [0, 0.05) is 18.4 Å². The van der Waals surface area contributed by atoms with Gasteiger partial charge < -0.3 is 4.74 Å². The van der Waals surface area contributed by atoms with Gasteiger partial charge in [-0.25, -0.2) is 4.39 Å². The first kappa shape index (κ1) is 14.4. The second-order valence-corrected chi connectivity index (χ2v) is 4.68. The second kappa shape index (κ2) is 5.94. The fourth-order valence-electron chi connectivity index (χ4n) is 2.27. The minimum Gasteiger partial charge on any atom is -0.490 e. The molecule has 0 N–H and O–H groups in total. The molecule has 0 aromatic heterocycles. The van der Waals surface area contributed by atoms with E-state index in [0.717, 1.165) is 12.8 Å². The highest BCUT2D eigenvalue weighted by atomic mass is 19.1. The molecular weight excluding hydrogens is 272 g/mol. The average Bonchev–Trinajstić information content (AvgIpc) is 2.78. The first-order valence-electron chi connectivity index (χ1n) is 6.28. The summed E-state index contributed by atoms with van der Waals surface area (Å²) in [5.41, 5.74) is -0.930. The number of carbonyl (C=O) groups excluding carboxylic acids is 1. The fourth-order valence-corrected chi connectivity index (χ4v) is 2.27. The van der Waals surface area contributed by atoms with Gasteiger partial charge in [0.05, 0.1) is 17.6 Å². The van der Waals surface area contributed by atoms with E-state index in [0.29, 0.717) is 25.0 Å². The number of hydrogen-bond donors (Lipinski definition) is 0. The number of nitro groups is 1. The molecule has 1 saturated carbocycles. The number of carbonyl (C=O) groups is 1. The Morgan fingerprint density at radius 2 is 2.10 bits per heavy atom. The standard InChI is InChI=1S/C13H13F2NO4/c14-9-7-13(10(15)6-11(9)16(18)19)20-5-4-8-2-1-3-12(8)17/h6-8H,1-5H2. The van der Waals surface area contributed by atoms with Crippen molar-refractivity contribution in [2.75, 3.05) is 6.61 Å². The molecule has 0 amide bonds. The highest BCUT2D eigenvalue weighted by Crippen LogP contribution is 2.28. The number of rotatable bonds is 5. The molecule has 2 rings (SSSR count). The monoisotopic (exact) mass is 285 g/mol. The highest BCUT2D eigenvalue weighted by molar-refractivity contribution is 5.82.